The van der Waals surface area contributed by atoms with E-state index >= 15 is 0 Å². The number of hydrogen-bond acceptors (Lipinski definition) is 8. The number of carbonyl (C=O) groups excluding carboxylic acids is 1. The van der Waals surface area contributed by atoms with E-state index in [0.29, 0.717) is 17.7 Å². The smallest absolute Gasteiger partial charge is 0.339 e. The lowest BCUT2D eigenvalue weighted by atomic mass is 9.87. The molecular weight excluding hydrogens is 632 g/mol. The number of benzene rings is 2. The van der Waals surface area contributed by atoms with Gasteiger partial charge in [0.1, 0.15) is 16.3 Å². The van der Waals surface area contributed by atoms with Crippen LogP contribution in [0, 0.1) is 23.3 Å². The van der Waals surface area contributed by atoms with Crippen molar-refractivity contribution in [3.05, 3.63) is 75.8 Å². The summed E-state index contributed by atoms with van der Waals surface area (Å²) in [5.41, 5.74) is -0.118. The lowest BCUT2D eigenvalue weighted by Gasteiger charge is -2.41. The summed E-state index contributed by atoms with van der Waals surface area (Å²) >= 11 is 5.26. The fourth-order valence-electron chi connectivity index (χ4n) is 5.42. The third kappa shape index (κ3) is 5.71. The van der Waals surface area contributed by atoms with E-state index in [1.54, 1.807) is 12.4 Å². The Morgan fingerprint density at radius 2 is 1.64 bits per heavy atom. The average Bonchev–Trinajstić information content (AvgIpc) is 2.97. The number of likely N-dealkylation sites (tertiary alicyclic amines) is 1. The molecule has 16 heteroatoms. The Kier molecular flexibility index (Phi) is 8.82. The van der Waals surface area contributed by atoms with E-state index in [-0.39, 0.29) is 23.8 Å². The number of hydrogen-bond donors (Lipinski definition) is 2. The van der Waals surface area contributed by atoms with Crippen LogP contribution in [0.5, 0.6) is 5.75 Å². The molecular formula is C28H25ClF4N4O6S. The molecule has 0 bridgehead atoms. The van der Waals surface area contributed by atoms with Crippen LogP contribution >= 0.6 is 11.6 Å². The molecule has 2 aliphatic rings. The molecule has 1 amide bonds. The van der Waals surface area contributed by atoms with Crippen molar-refractivity contribution in [3.63, 3.8) is 0 Å². The molecule has 2 heterocycles. The zero-order valence-electron chi connectivity index (χ0n) is 22.8. The predicted molar refractivity (Wildman–Crippen MR) is 148 cm³/mol. The van der Waals surface area contributed by atoms with Crippen molar-refractivity contribution in [2.45, 2.75) is 61.9 Å². The van der Waals surface area contributed by atoms with Gasteiger partial charge in [0.2, 0.25) is 0 Å². The molecule has 1 aromatic heterocycles. The highest BCUT2D eigenvalue weighted by molar-refractivity contribution is 7.93. The lowest BCUT2D eigenvalue weighted by Crippen LogP contribution is -2.58. The summed E-state index contributed by atoms with van der Waals surface area (Å²) in [4.78, 5) is 33.5. The number of anilines is 1. The first-order valence-electron chi connectivity index (χ1n) is 13.5. The van der Waals surface area contributed by atoms with Gasteiger partial charge in [-0.1, -0.05) is 30.9 Å². The number of carboxylic acid groups (broad SMARTS) is 1. The topological polar surface area (TPSA) is 141 Å². The highest BCUT2D eigenvalue weighted by atomic mass is 35.5. The van der Waals surface area contributed by atoms with Crippen LogP contribution in [0.2, 0.25) is 5.02 Å². The monoisotopic (exact) mass is 656 g/mol. The molecule has 3 aromatic rings. The number of aromatic hydroxyl groups is 1. The van der Waals surface area contributed by atoms with Crippen LogP contribution in [0.4, 0.5) is 23.2 Å². The largest absolute Gasteiger partial charge is 0.507 e. The Labute approximate surface area is 254 Å². The van der Waals surface area contributed by atoms with E-state index in [9.17, 15) is 45.8 Å². The van der Waals surface area contributed by atoms with Crippen LogP contribution in [0.1, 0.15) is 66.2 Å². The first-order chi connectivity index (χ1) is 20.8. The molecule has 1 aliphatic heterocycles. The van der Waals surface area contributed by atoms with Crippen molar-refractivity contribution < 1.29 is 45.8 Å². The van der Waals surface area contributed by atoms with Crippen molar-refractivity contribution in [1.82, 2.24) is 14.9 Å². The Bertz CT molecular complexity index is 1710. The molecule has 2 fully saturated rings. The van der Waals surface area contributed by atoms with Gasteiger partial charge in [-0.25, -0.2) is 35.1 Å². The number of halogens is 5. The number of amides is 1. The van der Waals surface area contributed by atoms with E-state index in [1.807, 2.05) is 0 Å². The van der Waals surface area contributed by atoms with Crippen LogP contribution in [0.25, 0.3) is 0 Å². The second-order valence-electron chi connectivity index (χ2n) is 10.6. The zero-order chi connectivity index (χ0) is 31.9. The van der Waals surface area contributed by atoms with E-state index in [2.05, 4.69) is 9.97 Å². The van der Waals surface area contributed by atoms with Gasteiger partial charge in [0.25, 0.3) is 15.9 Å². The highest BCUT2D eigenvalue weighted by Gasteiger charge is 2.45. The SMILES string of the molecule is O=C(O)c1ccc(N(C(=O)C2CCN2Cc2cnc(C3CCCCC3)cn2)S(=O)(=O)c2c(F)c(F)c(Cl)c(F)c2F)cc1O. The number of carbonyl (C=O) groups is 2. The summed E-state index contributed by atoms with van der Waals surface area (Å²) in [5.74, 6) is -12.8. The van der Waals surface area contributed by atoms with Crippen LogP contribution < -0.4 is 4.31 Å². The molecule has 1 atom stereocenters. The first kappa shape index (κ1) is 31.6. The summed E-state index contributed by atoms with van der Waals surface area (Å²) < 4.78 is 85.6. The summed E-state index contributed by atoms with van der Waals surface area (Å²) in [6, 6.07) is 0.880. The quantitative estimate of drug-likeness (QED) is 0.192. The first-order valence-corrected chi connectivity index (χ1v) is 15.4. The molecule has 1 saturated carbocycles. The van der Waals surface area contributed by atoms with Crippen molar-refractivity contribution in [2.24, 2.45) is 0 Å². The molecule has 44 heavy (non-hydrogen) atoms. The van der Waals surface area contributed by atoms with Crippen molar-refractivity contribution in [1.29, 1.82) is 0 Å². The number of nitrogens with zero attached hydrogens (tertiary/aromatic N) is 4. The summed E-state index contributed by atoms with van der Waals surface area (Å²) in [5, 5.41) is 17.8. The molecule has 0 spiro atoms. The third-order valence-electron chi connectivity index (χ3n) is 7.84. The maximum atomic E-state index is 14.9. The van der Waals surface area contributed by atoms with E-state index in [4.69, 9.17) is 11.6 Å². The zero-order valence-corrected chi connectivity index (χ0v) is 24.4. The standard InChI is InChI=1S/C28H25ClF4N4O6S/c29-21-22(30)24(32)26(25(33)23(21)31)44(42,43)37(16-6-7-17(28(40)41)20(38)10-16)27(39)19-8-9-36(19)13-15-11-35-18(12-34-15)14-4-2-1-3-5-14/h6-7,10-12,14,19,38H,1-5,8-9,13H2,(H,40,41). The number of phenols is 1. The van der Waals surface area contributed by atoms with Crippen LogP contribution in [0.3, 0.4) is 0 Å². The van der Waals surface area contributed by atoms with Gasteiger partial charge in [-0.3, -0.25) is 19.7 Å². The molecule has 2 N–H and O–H groups in total. The maximum absolute atomic E-state index is 14.9. The van der Waals surface area contributed by atoms with Crippen molar-refractivity contribution >= 4 is 39.2 Å². The maximum Gasteiger partial charge on any atom is 0.339 e. The van der Waals surface area contributed by atoms with E-state index in [1.165, 1.54) is 11.3 Å². The van der Waals surface area contributed by atoms with Gasteiger partial charge in [0, 0.05) is 31.3 Å². The second-order valence-corrected chi connectivity index (χ2v) is 12.7. The van der Waals surface area contributed by atoms with Gasteiger partial charge in [-0.2, -0.15) is 0 Å². The molecule has 1 unspecified atom stereocenters. The van der Waals surface area contributed by atoms with E-state index in [0.717, 1.165) is 43.5 Å². The summed E-state index contributed by atoms with van der Waals surface area (Å²) in [6.07, 6.45) is 8.66. The van der Waals surface area contributed by atoms with Crippen LogP contribution in [-0.2, 0) is 21.4 Å². The minimum Gasteiger partial charge on any atom is -0.507 e. The third-order valence-corrected chi connectivity index (χ3v) is 9.92. The molecule has 2 aromatic carbocycles. The fourth-order valence-corrected chi connectivity index (χ4v) is 7.15. The molecule has 1 saturated heterocycles. The molecule has 0 radical (unpaired) electrons. The molecule has 10 nitrogen and oxygen atoms in total. The molecule has 5 rings (SSSR count). The van der Waals surface area contributed by atoms with Gasteiger partial charge in [0.15, 0.2) is 28.2 Å². The van der Waals surface area contributed by atoms with E-state index < -0.39 is 78.1 Å². The number of rotatable bonds is 8. The van der Waals surface area contributed by atoms with Gasteiger partial charge in [0.05, 0.1) is 29.3 Å². The minimum atomic E-state index is -5.78. The number of carboxylic acids is 1. The van der Waals surface area contributed by atoms with Crippen molar-refractivity contribution in [2.75, 3.05) is 10.8 Å². The highest BCUT2D eigenvalue weighted by Crippen LogP contribution is 2.37. The summed E-state index contributed by atoms with van der Waals surface area (Å²) in [7, 11) is -5.78. The Balaban J connectivity index is 1.50. The Hall–Kier alpha value is -3.82. The van der Waals surface area contributed by atoms with Gasteiger partial charge < -0.3 is 10.2 Å². The van der Waals surface area contributed by atoms with Crippen LogP contribution in [-0.4, -0.2) is 58.0 Å². The summed E-state index contributed by atoms with van der Waals surface area (Å²) in [6.45, 7) is 0.324. The predicted octanol–water partition coefficient (Wildman–Crippen LogP) is 5.13. The van der Waals surface area contributed by atoms with Crippen molar-refractivity contribution in [3.8, 4) is 5.75 Å². The Morgan fingerprint density at radius 3 is 2.16 bits per heavy atom. The van der Waals surface area contributed by atoms with Gasteiger partial charge >= 0.3 is 5.97 Å². The molecule has 1 aliphatic carbocycles. The number of aromatic nitrogens is 2. The lowest BCUT2D eigenvalue weighted by molar-refractivity contribution is -0.127. The van der Waals surface area contributed by atoms with Gasteiger partial charge in [-0.15, -0.1) is 0 Å². The second kappa shape index (κ2) is 12.3. The minimum absolute atomic E-state index is 0.0400. The van der Waals surface area contributed by atoms with Gasteiger partial charge in [-0.05, 0) is 31.4 Å². The Morgan fingerprint density at radius 1 is 0.977 bits per heavy atom. The normalized spacial score (nSPS) is 17.7. The fraction of sp³-hybridized carbons (Fsp3) is 0.357. The number of sulfonamides is 1. The van der Waals surface area contributed by atoms with Crippen LogP contribution in [0.15, 0.2) is 35.5 Å². The molecule has 234 valence electrons. The number of aromatic carboxylic acids is 1. The average molecular weight is 657 g/mol.